The van der Waals surface area contributed by atoms with Crippen LogP contribution in [-0.2, 0) is 33.0 Å². The zero-order valence-electron chi connectivity index (χ0n) is 28.9. The molecular formula is C45H38N4Pt. The van der Waals surface area contributed by atoms with Crippen LogP contribution in [0.1, 0.15) is 71.8 Å². The van der Waals surface area contributed by atoms with Gasteiger partial charge >= 0.3 is 21.1 Å². The van der Waals surface area contributed by atoms with Gasteiger partial charge in [0.25, 0.3) is 0 Å². The molecule has 4 heterocycles. The van der Waals surface area contributed by atoms with Crippen LogP contribution in [0.3, 0.4) is 0 Å². The van der Waals surface area contributed by atoms with Crippen molar-refractivity contribution in [1.82, 2.24) is 14.5 Å². The smallest absolute Gasteiger partial charge is 0.383 e. The largest absolute Gasteiger partial charge is 2.00 e. The number of hydrogen-bond acceptors (Lipinski definition) is 3. The molecule has 7 aromatic rings. The maximum absolute atomic E-state index is 5.52. The van der Waals surface area contributed by atoms with Crippen molar-refractivity contribution < 1.29 is 21.1 Å². The van der Waals surface area contributed by atoms with Crippen LogP contribution in [0.4, 0.5) is 0 Å². The van der Waals surface area contributed by atoms with E-state index < -0.39 is 0 Å². The van der Waals surface area contributed by atoms with E-state index >= 15 is 0 Å². The first kappa shape index (κ1) is 32.4. The first-order valence-electron chi connectivity index (χ1n) is 17.2. The number of hydrogen-bond donors (Lipinski definition) is 0. The Labute approximate surface area is 308 Å². The van der Waals surface area contributed by atoms with Crippen molar-refractivity contribution in [2.45, 2.75) is 58.7 Å². The number of aromatic nitrogens is 2. The summed E-state index contributed by atoms with van der Waals surface area (Å²) in [4.78, 5) is 12.8. The number of nitrogens with zero attached hydrogens (tertiary/aromatic N) is 4. The Balaban J connectivity index is 0.00000361. The molecule has 2 aliphatic rings. The van der Waals surface area contributed by atoms with Crippen molar-refractivity contribution in [2.24, 2.45) is 4.99 Å². The summed E-state index contributed by atoms with van der Waals surface area (Å²) in [5.41, 5.74) is 13.8. The molecule has 0 amide bonds. The molecule has 4 nitrogen and oxygen atoms in total. The third-order valence-electron chi connectivity index (χ3n) is 10.4. The van der Waals surface area contributed by atoms with Crippen LogP contribution in [0.2, 0.25) is 0 Å². The number of rotatable bonds is 4. The first-order valence-corrected chi connectivity index (χ1v) is 17.2. The number of aryl methyl sites for hydroxylation is 2. The Morgan fingerprint density at radius 2 is 1.52 bits per heavy atom. The summed E-state index contributed by atoms with van der Waals surface area (Å²) < 4.78 is 2.35. The Hall–Kier alpha value is -4.79. The molecule has 0 spiro atoms. The molecule has 0 saturated heterocycles. The van der Waals surface area contributed by atoms with Crippen LogP contribution in [0.25, 0.3) is 38.8 Å². The molecule has 0 aliphatic carbocycles. The minimum absolute atomic E-state index is 0. The van der Waals surface area contributed by atoms with Crippen LogP contribution >= 0.6 is 0 Å². The second-order valence-electron chi connectivity index (χ2n) is 14.6. The van der Waals surface area contributed by atoms with Gasteiger partial charge in [-0.05, 0) is 62.1 Å². The molecule has 0 radical (unpaired) electrons. The Kier molecular flexibility index (Phi) is 7.92. The third kappa shape index (κ3) is 5.15. The predicted molar refractivity (Wildman–Crippen MR) is 200 cm³/mol. The minimum Gasteiger partial charge on any atom is -0.383 e. The van der Waals surface area contributed by atoms with E-state index in [1.165, 1.54) is 38.6 Å². The summed E-state index contributed by atoms with van der Waals surface area (Å²) in [5.74, 6) is 1.02. The normalized spacial score (nSPS) is 16.7. The number of benzene rings is 5. The topological polar surface area (TPSA) is 33.4 Å². The quantitative estimate of drug-likeness (QED) is 0.166. The molecule has 0 unspecified atom stereocenters. The van der Waals surface area contributed by atoms with E-state index in [2.05, 4.69) is 165 Å². The Morgan fingerprint density at radius 3 is 2.34 bits per heavy atom. The minimum atomic E-state index is 0. The third-order valence-corrected chi connectivity index (χ3v) is 10.4. The van der Waals surface area contributed by atoms with Gasteiger partial charge in [0.2, 0.25) is 0 Å². The summed E-state index contributed by atoms with van der Waals surface area (Å²) in [6.45, 7) is 12.0. The molecule has 0 fully saturated rings. The second kappa shape index (κ2) is 12.2. The molecule has 0 saturated carbocycles. The SMILES string of the molecule is Cc1cc(C)c(-n2c3[c-]c(-c4cc(C(C)(C)C)ccn4)ccc3c3ccccc32)[c-]c1C1=N[C@H](c2ccccc2)[C@@H]2c3ccccc3CN12.[Pt+2]. The standard InChI is InChI=1S/C45H38N4.Pt/c1-28-23-29(2)40(26-37(28)44-47-42(30-13-7-6-8-14-30)43-34-16-10-9-15-32(34)27-48(43)44)49-39-18-12-11-17-35(39)36-20-19-31(24-41(36)49)38-25-33(21-22-46-38)45(3,4)5;/h6-23,25,42-43H,27H2,1-5H3;/q-2;+2/t42-,43+;/m1./s1. The number of aliphatic imine (C=N–C) groups is 1. The fourth-order valence-electron chi connectivity index (χ4n) is 7.92. The number of para-hydroxylation sites is 1. The van der Waals surface area contributed by atoms with Gasteiger partial charge in [0.1, 0.15) is 0 Å². The van der Waals surface area contributed by atoms with Gasteiger partial charge in [0.05, 0.1) is 12.1 Å². The van der Waals surface area contributed by atoms with Gasteiger partial charge < -0.3 is 19.4 Å². The van der Waals surface area contributed by atoms with Gasteiger partial charge in [-0.2, -0.15) is 0 Å². The molecule has 2 aliphatic heterocycles. The zero-order chi connectivity index (χ0) is 33.4. The molecule has 9 rings (SSSR count). The van der Waals surface area contributed by atoms with Crippen molar-refractivity contribution in [2.75, 3.05) is 0 Å². The molecule has 50 heavy (non-hydrogen) atoms. The molecule has 5 heteroatoms. The van der Waals surface area contributed by atoms with Gasteiger partial charge in [-0.15, -0.1) is 52.6 Å². The fraction of sp³-hybridized carbons (Fsp3) is 0.200. The summed E-state index contributed by atoms with van der Waals surface area (Å²) in [6, 6.07) is 47.2. The molecule has 0 bridgehead atoms. The summed E-state index contributed by atoms with van der Waals surface area (Å²) in [6.07, 6.45) is 1.92. The van der Waals surface area contributed by atoms with Crippen molar-refractivity contribution in [3.63, 3.8) is 0 Å². The van der Waals surface area contributed by atoms with Crippen LogP contribution in [0.15, 0.2) is 120 Å². The average Bonchev–Trinajstić information content (AvgIpc) is 3.77. The summed E-state index contributed by atoms with van der Waals surface area (Å²) >= 11 is 0. The van der Waals surface area contributed by atoms with Gasteiger partial charge in [0.15, 0.2) is 0 Å². The monoisotopic (exact) mass is 829 g/mol. The Bertz CT molecular complexity index is 2450. The van der Waals surface area contributed by atoms with Crippen molar-refractivity contribution >= 4 is 27.6 Å². The Morgan fingerprint density at radius 1 is 0.760 bits per heavy atom. The molecule has 2 atom stereocenters. The van der Waals surface area contributed by atoms with E-state index in [9.17, 15) is 0 Å². The van der Waals surface area contributed by atoms with E-state index in [-0.39, 0.29) is 38.6 Å². The molecule has 5 aromatic carbocycles. The fourth-order valence-corrected chi connectivity index (χ4v) is 7.92. The van der Waals surface area contributed by atoms with E-state index in [1.807, 2.05) is 6.20 Å². The summed E-state index contributed by atoms with van der Waals surface area (Å²) in [7, 11) is 0. The van der Waals surface area contributed by atoms with E-state index in [4.69, 9.17) is 9.98 Å². The molecular weight excluding hydrogens is 792 g/mol. The zero-order valence-corrected chi connectivity index (χ0v) is 31.2. The van der Waals surface area contributed by atoms with Crippen molar-refractivity contribution in [3.05, 3.63) is 166 Å². The van der Waals surface area contributed by atoms with E-state index in [1.54, 1.807) is 0 Å². The van der Waals surface area contributed by atoms with Crippen molar-refractivity contribution in [1.29, 1.82) is 0 Å². The van der Waals surface area contributed by atoms with Crippen LogP contribution in [-0.4, -0.2) is 20.3 Å². The van der Waals surface area contributed by atoms with Crippen molar-refractivity contribution in [3.8, 4) is 16.9 Å². The second-order valence-corrected chi connectivity index (χ2v) is 14.6. The van der Waals surface area contributed by atoms with Crippen LogP contribution < -0.4 is 0 Å². The maximum atomic E-state index is 5.52. The van der Waals surface area contributed by atoms with Gasteiger partial charge in [-0.25, -0.2) is 0 Å². The first-order chi connectivity index (χ1) is 23.8. The van der Waals surface area contributed by atoms with Gasteiger partial charge in [-0.3, -0.25) is 0 Å². The van der Waals surface area contributed by atoms with Crippen LogP contribution in [0.5, 0.6) is 0 Å². The number of amidine groups is 1. The van der Waals surface area contributed by atoms with Crippen LogP contribution in [0, 0.1) is 26.0 Å². The number of fused-ring (bicyclic) bond motifs is 6. The molecule has 2 aromatic heterocycles. The predicted octanol–water partition coefficient (Wildman–Crippen LogP) is 10.4. The molecule has 0 N–H and O–H groups in total. The van der Waals surface area contributed by atoms with Gasteiger partial charge in [0, 0.05) is 24.1 Å². The van der Waals surface area contributed by atoms with E-state index in [0.29, 0.717) is 0 Å². The maximum Gasteiger partial charge on any atom is 2.00 e. The van der Waals surface area contributed by atoms with E-state index in [0.717, 1.165) is 51.5 Å². The average molecular weight is 830 g/mol. The summed E-state index contributed by atoms with van der Waals surface area (Å²) in [5, 5.41) is 2.36. The number of pyridine rings is 1. The van der Waals surface area contributed by atoms with Gasteiger partial charge in [-0.1, -0.05) is 119 Å². The molecule has 248 valence electrons.